The van der Waals surface area contributed by atoms with Crippen LogP contribution >= 0.6 is 0 Å². The minimum atomic E-state index is -0.330. The zero-order chi connectivity index (χ0) is 13.1. The summed E-state index contributed by atoms with van der Waals surface area (Å²) >= 11 is 0. The van der Waals surface area contributed by atoms with Gasteiger partial charge in [0.05, 0.1) is 0 Å². The highest BCUT2D eigenvalue weighted by molar-refractivity contribution is 5.94. The molecule has 0 heterocycles. The Bertz CT molecular complexity index is 418. The third-order valence-corrected chi connectivity index (χ3v) is 3.69. The van der Waals surface area contributed by atoms with Gasteiger partial charge in [-0.05, 0) is 37.1 Å². The summed E-state index contributed by atoms with van der Waals surface area (Å²) in [7, 11) is 1.78. The summed E-state index contributed by atoms with van der Waals surface area (Å²) in [4.78, 5) is 14.0. The predicted octanol–water partition coefficient (Wildman–Crippen LogP) is 2.17. The molecule has 1 fully saturated rings. The first-order chi connectivity index (χ1) is 8.59. The average molecular weight is 250 g/mol. The summed E-state index contributed by atoms with van der Waals surface area (Å²) in [6.07, 6.45) is 4.16. The molecule has 0 radical (unpaired) electrons. The topological polar surface area (TPSA) is 46.3 Å². The highest BCUT2D eigenvalue weighted by atomic mass is 19.1. The van der Waals surface area contributed by atoms with Gasteiger partial charge in [0.2, 0.25) is 0 Å². The lowest BCUT2D eigenvalue weighted by atomic mass is 9.90. The number of hydrogen-bond donors (Lipinski definition) is 1. The fourth-order valence-electron chi connectivity index (χ4n) is 2.57. The summed E-state index contributed by atoms with van der Waals surface area (Å²) in [5, 5.41) is 0. The van der Waals surface area contributed by atoms with Gasteiger partial charge in [-0.25, -0.2) is 4.39 Å². The fraction of sp³-hybridized carbons (Fsp3) is 0.500. The van der Waals surface area contributed by atoms with Crippen LogP contribution < -0.4 is 5.73 Å². The number of nitrogens with zero attached hydrogens (tertiary/aromatic N) is 1. The van der Waals surface area contributed by atoms with Crippen LogP contribution in [-0.2, 0) is 0 Å². The Hall–Kier alpha value is -1.42. The molecule has 3 nitrogen and oxygen atoms in total. The van der Waals surface area contributed by atoms with Gasteiger partial charge in [-0.15, -0.1) is 0 Å². The van der Waals surface area contributed by atoms with Crippen molar-refractivity contribution in [1.29, 1.82) is 0 Å². The minimum absolute atomic E-state index is 0.0492. The van der Waals surface area contributed by atoms with Crippen molar-refractivity contribution in [3.63, 3.8) is 0 Å². The van der Waals surface area contributed by atoms with Crippen LogP contribution in [-0.4, -0.2) is 29.9 Å². The third-order valence-electron chi connectivity index (χ3n) is 3.69. The van der Waals surface area contributed by atoms with Crippen LogP contribution in [0.25, 0.3) is 0 Å². The Morgan fingerprint density at radius 1 is 1.28 bits per heavy atom. The Morgan fingerprint density at radius 2 is 1.89 bits per heavy atom. The maximum Gasteiger partial charge on any atom is 0.253 e. The Morgan fingerprint density at radius 3 is 2.50 bits per heavy atom. The maximum atomic E-state index is 12.8. The number of carbonyl (C=O) groups is 1. The molecule has 1 amide bonds. The number of benzene rings is 1. The molecule has 0 aromatic heterocycles. The first-order valence-corrected chi connectivity index (χ1v) is 6.38. The van der Waals surface area contributed by atoms with Gasteiger partial charge in [0.1, 0.15) is 5.82 Å². The van der Waals surface area contributed by atoms with Crippen LogP contribution in [0.2, 0.25) is 0 Å². The maximum absolute atomic E-state index is 12.8. The van der Waals surface area contributed by atoms with E-state index in [2.05, 4.69) is 0 Å². The summed E-state index contributed by atoms with van der Waals surface area (Å²) in [5.74, 6) is -0.416. The van der Waals surface area contributed by atoms with Gasteiger partial charge in [0.15, 0.2) is 0 Å². The number of carbonyl (C=O) groups excluding carboxylic acids is 1. The normalized spacial score (nSPS) is 23.7. The van der Waals surface area contributed by atoms with E-state index >= 15 is 0 Å². The molecule has 4 heteroatoms. The van der Waals surface area contributed by atoms with Gasteiger partial charge in [0.25, 0.3) is 5.91 Å². The van der Waals surface area contributed by atoms with E-state index in [-0.39, 0.29) is 23.8 Å². The lowest BCUT2D eigenvalue weighted by molar-refractivity contribution is 0.0672. The van der Waals surface area contributed by atoms with E-state index in [0.717, 1.165) is 25.7 Å². The van der Waals surface area contributed by atoms with Crippen molar-refractivity contribution in [1.82, 2.24) is 4.90 Å². The molecule has 0 saturated heterocycles. The van der Waals surface area contributed by atoms with Gasteiger partial charge in [-0.1, -0.05) is 12.8 Å². The average Bonchev–Trinajstić information content (AvgIpc) is 2.38. The van der Waals surface area contributed by atoms with Crippen molar-refractivity contribution in [2.45, 2.75) is 37.8 Å². The van der Waals surface area contributed by atoms with Crippen molar-refractivity contribution < 1.29 is 9.18 Å². The second-order valence-corrected chi connectivity index (χ2v) is 4.94. The molecule has 2 rings (SSSR count). The lowest BCUT2D eigenvalue weighted by Gasteiger charge is -2.36. The molecule has 0 bridgehead atoms. The van der Waals surface area contributed by atoms with Crippen LogP contribution in [0, 0.1) is 5.82 Å². The van der Waals surface area contributed by atoms with Gasteiger partial charge in [-0.3, -0.25) is 4.79 Å². The quantitative estimate of drug-likeness (QED) is 0.874. The third kappa shape index (κ3) is 2.70. The Kier molecular flexibility index (Phi) is 3.97. The Balaban J connectivity index is 2.10. The first-order valence-electron chi connectivity index (χ1n) is 6.38. The van der Waals surface area contributed by atoms with Gasteiger partial charge >= 0.3 is 0 Å². The molecular weight excluding hydrogens is 231 g/mol. The zero-order valence-corrected chi connectivity index (χ0v) is 10.6. The van der Waals surface area contributed by atoms with Gasteiger partial charge in [0, 0.05) is 24.7 Å². The van der Waals surface area contributed by atoms with E-state index in [1.807, 2.05) is 0 Å². The number of halogens is 1. The standard InChI is InChI=1S/C14H19FN2O/c1-17(13-5-3-2-4-12(13)16)14(18)10-6-8-11(15)9-7-10/h6-9,12-13H,2-5,16H2,1H3. The molecule has 1 aliphatic rings. The van der Waals surface area contributed by atoms with E-state index in [1.54, 1.807) is 11.9 Å². The van der Waals surface area contributed by atoms with Crippen LogP contribution in [0.3, 0.4) is 0 Å². The molecule has 1 aromatic rings. The van der Waals surface area contributed by atoms with Crippen LogP contribution in [0.4, 0.5) is 4.39 Å². The monoisotopic (exact) mass is 250 g/mol. The van der Waals surface area contributed by atoms with Crippen LogP contribution in [0.15, 0.2) is 24.3 Å². The van der Waals surface area contributed by atoms with Crippen molar-refractivity contribution in [2.24, 2.45) is 5.73 Å². The predicted molar refractivity (Wildman–Crippen MR) is 68.7 cm³/mol. The number of nitrogens with two attached hydrogens (primary N) is 1. The van der Waals surface area contributed by atoms with E-state index in [0.29, 0.717) is 5.56 Å². The molecule has 0 spiro atoms. The molecular formula is C14H19FN2O. The van der Waals surface area contributed by atoms with Crippen LogP contribution in [0.1, 0.15) is 36.0 Å². The molecule has 18 heavy (non-hydrogen) atoms. The zero-order valence-electron chi connectivity index (χ0n) is 10.6. The molecule has 0 aliphatic heterocycles. The summed E-state index contributed by atoms with van der Waals surface area (Å²) in [5.41, 5.74) is 6.58. The summed E-state index contributed by atoms with van der Waals surface area (Å²) in [6, 6.07) is 5.79. The van der Waals surface area contributed by atoms with Crippen molar-refractivity contribution in [3.8, 4) is 0 Å². The SMILES string of the molecule is CN(C(=O)c1ccc(F)cc1)C1CCCCC1N. The molecule has 1 aliphatic carbocycles. The van der Waals surface area contributed by atoms with Gasteiger partial charge < -0.3 is 10.6 Å². The van der Waals surface area contributed by atoms with Crippen molar-refractivity contribution >= 4 is 5.91 Å². The van der Waals surface area contributed by atoms with E-state index in [1.165, 1.54) is 24.3 Å². The minimum Gasteiger partial charge on any atom is -0.337 e. The number of rotatable bonds is 2. The Labute approximate surface area is 107 Å². The van der Waals surface area contributed by atoms with Crippen LogP contribution in [0.5, 0.6) is 0 Å². The van der Waals surface area contributed by atoms with Crippen molar-refractivity contribution in [2.75, 3.05) is 7.05 Å². The van der Waals surface area contributed by atoms with E-state index < -0.39 is 0 Å². The first kappa shape index (κ1) is 13.0. The summed E-state index contributed by atoms with van der Waals surface area (Å²) < 4.78 is 12.8. The number of amides is 1. The largest absolute Gasteiger partial charge is 0.337 e. The fourth-order valence-corrected chi connectivity index (χ4v) is 2.57. The molecule has 1 saturated carbocycles. The molecule has 2 atom stereocenters. The van der Waals surface area contributed by atoms with Crippen molar-refractivity contribution in [3.05, 3.63) is 35.6 Å². The number of hydrogen-bond acceptors (Lipinski definition) is 2. The molecule has 98 valence electrons. The highest BCUT2D eigenvalue weighted by Crippen LogP contribution is 2.22. The van der Waals surface area contributed by atoms with E-state index in [4.69, 9.17) is 5.73 Å². The second-order valence-electron chi connectivity index (χ2n) is 4.94. The molecule has 1 aromatic carbocycles. The summed E-state index contributed by atoms with van der Waals surface area (Å²) in [6.45, 7) is 0. The van der Waals surface area contributed by atoms with Gasteiger partial charge in [-0.2, -0.15) is 0 Å². The number of likely N-dealkylation sites (N-methyl/N-ethyl adjacent to an activating group) is 1. The second kappa shape index (κ2) is 5.48. The molecule has 2 unspecified atom stereocenters. The van der Waals surface area contributed by atoms with E-state index in [9.17, 15) is 9.18 Å². The molecule has 2 N–H and O–H groups in total. The lowest BCUT2D eigenvalue weighted by Crippen LogP contribution is -2.50. The highest BCUT2D eigenvalue weighted by Gasteiger charge is 2.28. The smallest absolute Gasteiger partial charge is 0.253 e.